The first-order valence-corrected chi connectivity index (χ1v) is 13.7. The quantitative estimate of drug-likeness (QED) is 0.193. The minimum absolute atomic E-state index is 1.02. The first-order valence-electron chi connectivity index (χ1n) is 13.7. The number of allylic oxidation sites excluding steroid dienone is 2. The zero-order valence-electron chi connectivity index (χ0n) is 22.3. The lowest BCUT2D eigenvalue weighted by Crippen LogP contribution is -2.16. The van der Waals surface area contributed by atoms with Crippen molar-refractivity contribution < 1.29 is 0 Å². The van der Waals surface area contributed by atoms with Gasteiger partial charge in [-0.2, -0.15) is 0 Å². The second kappa shape index (κ2) is 24.7. The largest absolute Gasteiger partial charge is 0.100 e. The maximum absolute atomic E-state index is 3.85. The van der Waals surface area contributed by atoms with E-state index < -0.39 is 0 Å². The second-order valence-electron chi connectivity index (χ2n) is 10.1. The third-order valence-electron chi connectivity index (χ3n) is 6.38. The summed E-state index contributed by atoms with van der Waals surface area (Å²) in [5, 5.41) is 0. The van der Waals surface area contributed by atoms with Crippen LogP contribution in [0.15, 0.2) is 24.3 Å². The lowest BCUT2D eigenvalue weighted by atomic mass is 9.78. The number of hydrogen-bond acceptors (Lipinski definition) is 0. The van der Waals surface area contributed by atoms with Crippen LogP contribution in [0.1, 0.15) is 157 Å². The van der Waals surface area contributed by atoms with Gasteiger partial charge in [0.15, 0.2) is 0 Å². The highest BCUT2D eigenvalue weighted by atomic mass is 14.3. The molecule has 0 heteroatoms. The Morgan fingerprint density at radius 3 is 1.47 bits per heavy atom. The van der Waals surface area contributed by atoms with Gasteiger partial charge in [0.25, 0.3) is 0 Å². The molecule has 0 bridgehead atoms. The molecule has 1 fully saturated rings. The Morgan fingerprint density at radius 2 is 1.07 bits per heavy atom. The van der Waals surface area contributed by atoms with E-state index >= 15 is 0 Å². The molecular weight excluding hydrogens is 360 g/mol. The van der Waals surface area contributed by atoms with E-state index in [0.29, 0.717) is 0 Å². The van der Waals surface area contributed by atoms with Gasteiger partial charge >= 0.3 is 0 Å². The molecule has 1 rings (SSSR count). The van der Waals surface area contributed by atoms with E-state index in [-0.39, 0.29) is 0 Å². The van der Waals surface area contributed by atoms with Crippen molar-refractivity contribution in [1.29, 1.82) is 0 Å². The molecule has 0 amide bonds. The Morgan fingerprint density at radius 1 is 0.633 bits per heavy atom. The van der Waals surface area contributed by atoms with Crippen molar-refractivity contribution in [3.8, 4) is 0 Å². The summed E-state index contributed by atoms with van der Waals surface area (Å²) in [4.78, 5) is 0. The van der Waals surface area contributed by atoms with Crippen LogP contribution in [-0.4, -0.2) is 0 Å². The fraction of sp³-hybridized carbons (Fsp3) is 0.867. The Labute approximate surface area is 193 Å². The van der Waals surface area contributed by atoms with E-state index in [0.717, 1.165) is 11.8 Å². The summed E-state index contributed by atoms with van der Waals surface area (Å²) in [7, 11) is 0. The van der Waals surface area contributed by atoms with E-state index in [1.165, 1.54) is 127 Å². The number of rotatable bonds is 14. The van der Waals surface area contributed by atoms with Crippen LogP contribution in [-0.2, 0) is 0 Å². The van der Waals surface area contributed by atoms with Crippen LogP contribution < -0.4 is 0 Å². The molecule has 1 saturated carbocycles. The van der Waals surface area contributed by atoms with Crippen LogP contribution in [0.4, 0.5) is 0 Å². The molecule has 0 aliphatic heterocycles. The van der Waals surface area contributed by atoms with Gasteiger partial charge in [0, 0.05) is 0 Å². The molecule has 0 nitrogen and oxygen atoms in total. The smallest absolute Gasteiger partial charge is 0.0326 e. The van der Waals surface area contributed by atoms with Crippen molar-refractivity contribution in [1.82, 2.24) is 0 Å². The lowest BCUT2D eigenvalue weighted by Gasteiger charge is -2.28. The van der Waals surface area contributed by atoms with E-state index in [1.807, 2.05) is 0 Å². The van der Waals surface area contributed by atoms with E-state index in [9.17, 15) is 0 Å². The molecular formula is C30H60. The van der Waals surface area contributed by atoms with Gasteiger partial charge in [0.2, 0.25) is 0 Å². The molecule has 0 radical (unpaired) electrons. The average Bonchev–Trinajstić information content (AvgIpc) is 2.71. The van der Waals surface area contributed by atoms with Crippen LogP contribution in [0.3, 0.4) is 0 Å². The predicted octanol–water partition coefficient (Wildman–Crippen LogP) is 11.5. The van der Waals surface area contributed by atoms with Gasteiger partial charge in [-0.15, -0.1) is 13.2 Å². The first kappa shape index (κ1) is 31.7. The van der Waals surface area contributed by atoms with Gasteiger partial charge in [-0.05, 0) is 51.4 Å². The molecule has 0 aromatic heterocycles. The monoisotopic (exact) mass is 420 g/mol. The van der Waals surface area contributed by atoms with Gasteiger partial charge in [-0.3, -0.25) is 0 Å². The summed E-state index contributed by atoms with van der Waals surface area (Å²) in [6, 6.07) is 0. The highest BCUT2D eigenvalue weighted by molar-refractivity contribution is 4.90. The zero-order chi connectivity index (χ0) is 23.0. The minimum atomic E-state index is 1.02. The highest BCUT2D eigenvalue weighted by Gasteiger charge is 2.19. The fourth-order valence-corrected chi connectivity index (χ4v) is 4.17. The van der Waals surface area contributed by atoms with Crippen molar-refractivity contribution in [2.45, 2.75) is 157 Å². The Hall–Kier alpha value is -0.520. The van der Waals surface area contributed by atoms with Crippen molar-refractivity contribution in [3.63, 3.8) is 0 Å². The molecule has 0 aromatic rings. The molecule has 0 N–H and O–H groups in total. The third-order valence-corrected chi connectivity index (χ3v) is 6.38. The van der Waals surface area contributed by atoms with Gasteiger partial charge in [0.1, 0.15) is 0 Å². The predicted molar refractivity (Wildman–Crippen MR) is 142 cm³/mol. The Bertz CT molecular complexity index is 342. The molecule has 1 aliphatic rings. The molecule has 0 heterocycles. The first-order chi connectivity index (χ1) is 14.4. The summed E-state index contributed by atoms with van der Waals surface area (Å²) in [6.07, 6.45) is 25.2. The summed E-state index contributed by atoms with van der Waals surface area (Å²) >= 11 is 0. The molecule has 0 saturated heterocycles. The third kappa shape index (κ3) is 25.5. The topological polar surface area (TPSA) is 0 Å². The van der Waals surface area contributed by atoms with Crippen LogP contribution in [0.5, 0.6) is 0 Å². The van der Waals surface area contributed by atoms with E-state index in [1.54, 1.807) is 0 Å². The summed E-state index contributed by atoms with van der Waals surface area (Å²) in [5.74, 6) is 2.10. The number of hydrogen-bond donors (Lipinski definition) is 0. The molecule has 2 atom stereocenters. The van der Waals surface area contributed by atoms with Gasteiger partial charge < -0.3 is 0 Å². The standard InChI is InChI=1S/C11H22.C10H18.C9H20/c1-3-4-8-11-9-6-5-7-10(11)2;1-9(2)7-5-6-8-10(3)4;1-3-5-7-9-8-6-4-2/h10-11H,3-9H2,1-2H3;1,3,5-8H2,2,4H3;3-9H2,1-2H3. The SMILES string of the molecule is C=C(C)CCCCC(=C)C.CCCCC1CCCCC1C.CCCCCCCCC. The maximum atomic E-state index is 3.85. The lowest BCUT2D eigenvalue weighted by molar-refractivity contribution is 0.237. The maximum Gasteiger partial charge on any atom is -0.0326 e. The van der Waals surface area contributed by atoms with Gasteiger partial charge in [-0.1, -0.05) is 129 Å². The van der Waals surface area contributed by atoms with Crippen LogP contribution in [0, 0.1) is 11.8 Å². The second-order valence-corrected chi connectivity index (χ2v) is 10.1. The van der Waals surface area contributed by atoms with Crippen molar-refractivity contribution in [2.24, 2.45) is 11.8 Å². The minimum Gasteiger partial charge on any atom is -0.100 e. The van der Waals surface area contributed by atoms with Crippen molar-refractivity contribution in [3.05, 3.63) is 24.3 Å². The summed E-state index contributed by atoms with van der Waals surface area (Å²) in [5.41, 5.74) is 2.59. The average molecular weight is 421 g/mol. The summed E-state index contributed by atoms with van der Waals surface area (Å²) < 4.78 is 0. The highest BCUT2D eigenvalue weighted by Crippen LogP contribution is 2.32. The van der Waals surface area contributed by atoms with Gasteiger partial charge in [0.05, 0.1) is 0 Å². The Kier molecular flexibility index (Phi) is 26.1. The van der Waals surface area contributed by atoms with Crippen LogP contribution in [0.25, 0.3) is 0 Å². The normalized spacial score (nSPS) is 17.9. The summed E-state index contributed by atoms with van der Waals surface area (Å²) in [6.45, 7) is 21.1. The van der Waals surface area contributed by atoms with Gasteiger partial charge in [-0.25, -0.2) is 0 Å². The Balaban J connectivity index is 0. The van der Waals surface area contributed by atoms with Crippen molar-refractivity contribution in [2.75, 3.05) is 0 Å². The van der Waals surface area contributed by atoms with E-state index in [4.69, 9.17) is 0 Å². The fourth-order valence-electron chi connectivity index (χ4n) is 4.17. The molecule has 180 valence electrons. The van der Waals surface area contributed by atoms with Crippen LogP contribution in [0.2, 0.25) is 0 Å². The van der Waals surface area contributed by atoms with E-state index in [2.05, 4.69) is 54.7 Å². The molecule has 0 aromatic carbocycles. The molecule has 2 unspecified atom stereocenters. The van der Waals surface area contributed by atoms with Crippen LogP contribution >= 0.6 is 0 Å². The molecule has 0 spiro atoms. The number of unbranched alkanes of at least 4 members (excludes halogenated alkanes) is 8. The zero-order valence-corrected chi connectivity index (χ0v) is 22.3. The van der Waals surface area contributed by atoms with Crippen molar-refractivity contribution >= 4 is 0 Å². The molecule has 1 aliphatic carbocycles. The molecule has 30 heavy (non-hydrogen) atoms.